The van der Waals surface area contributed by atoms with Crippen LogP contribution in [0.1, 0.15) is 25.5 Å². The summed E-state index contributed by atoms with van der Waals surface area (Å²) in [5.74, 6) is -0.0150. The smallest absolute Gasteiger partial charge is 0.312 e. The van der Waals surface area contributed by atoms with Crippen LogP contribution in [0.4, 0.5) is 0 Å². The van der Waals surface area contributed by atoms with Crippen molar-refractivity contribution in [2.45, 2.75) is 20.0 Å². The Kier molecular flexibility index (Phi) is 4.83. The summed E-state index contributed by atoms with van der Waals surface area (Å²) in [6, 6.07) is 3.14. The molecular formula is C14H20O6. The fourth-order valence-corrected chi connectivity index (χ4v) is 1.78. The summed E-state index contributed by atoms with van der Waals surface area (Å²) in [4.78, 5) is 11.3. The van der Waals surface area contributed by atoms with Crippen molar-refractivity contribution < 1.29 is 29.2 Å². The normalized spacial score (nSPS) is 12.7. The van der Waals surface area contributed by atoms with Crippen LogP contribution in [0.3, 0.4) is 0 Å². The van der Waals surface area contributed by atoms with Gasteiger partial charge in [0.05, 0.1) is 32.3 Å². The molecule has 1 unspecified atom stereocenters. The summed E-state index contributed by atoms with van der Waals surface area (Å²) in [6.45, 7) is 2.87. The molecule has 20 heavy (non-hydrogen) atoms. The fraction of sp³-hybridized carbons (Fsp3) is 0.500. The van der Waals surface area contributed by atoms with Crippen LogP contribution in [0.15, 0.2) is 12.1 Å². The van der Waals surface area contributed by atoms with Gasteiger partial charge in [-0.15, -0.1) is 0 Å². The van der Waals surface area contributed by atoms with E-state index in [1.807, 2.05) is 0 Å². The lowest BCUT2D eigenvalue weighted by Gasteiger charge is -2.28. The highest BCUT2D eigenvalue weighted by molar-refractivity contribution is 5.75. The zero-order valence-corrected chi connectivity index (χ0v) is 12.3. The van der Waals surface area contributed by atoms with Crippen LogP contribution in [-0.2, 0) is 4.79 Å². The number of carboxylic acids is 1. The average Bonchev–Trinajstić information content (AvgIpc) is 2.44. The van der Waals surface area contributed by atoms with E-state index in [9.17, 15) is 15.0 Å². The first-order valence-corrected chi connectivity index (χ1v) is 6.01. The third-order valence-electron chi connectivity index (χ3n) is 3.26. The van der Waals surface area contributed by atoms with E-state index in [1.165, 1.54) is 35.2 Å². The maximum atomic E-state index is 11.3. The zero-order chi connectivity index (χ0) is 15.5. The molecule has 0 fully saturated rings. The first-order chi connectivity index (χ1) is 9.29. The SMILES string of the molecule is COc1cc(OC)c(C(O)C(C)(C)C(=O)O)c(OC)c1. The van der Waals surface area contributed by atoms with Crippen LogP contribution in [-0.4, -0.2) is 37.5 Å². The Morgan fingerprint density at radius 3 is 1.85 bits per heavy atom. The molecule has 1 rings (SSSR count). The van der Waals surface area contributed by atoms with Crippen molar-refractivity contribution in [1.29, 1.82) is 0 Å². The zero-order valence-electron chi connectivity index (χ0n) is 12.3. The molecular weight excluding hydrogens is 264 g/mol. The number of aliphatic carboxylic acids is 1. The van der Waals surface area contributed by atoms with Gasteiger partial charge in [-0.2, -0.15) is 0 Å². The van der Waals surface area contributed by atoms with Gasteiger partial charge in [0.25, 0.3) is 0 Å². The Bertz CT molecular complexity index is 469. The minimum absolute atomic E-state index is 0.281. The van der Waals surface area contributed by atoms with E-state index in [-0.39, 0.29) is 5.56 Å². The highest BCUT2D eigenvalue weighted by Gasteiger charge is 2.40. The fourth-order valence-electron chi connectivity index (χ4n) is 1.78. The van der Waals surface area contributed by atoms with Crippen LogP contribution in [0.5, 0.6) is 17.2 Å². The predicted molar refractivity (Wildman–Crippen MR) is 72.5 cm³/mol. The molecule has 0 bridgehead atoms. The molecule has 1 aromatic carbocycles. The Morgan fingerprint density at radius 2 is 1.55 bits per heavy atom. The first-order valence-electron chi connectivity index (χ1n) is 6.01. The number of ether oxygens (including phenoxy) is 3. The summed E-state index contributed by atoms with van der Waals surface area (Å²) < 4.78 is 15.5. The van der Waals surface area contributed by atoms with Crippen molar-refractivity contribution in [2.24, 2.45) is 5.41 Å². The monoisotopic (exact) mass is 284 g/mol. The standard InChI is InChI=1S/C14H20O6/c1-14(2,13(16)17)12(15)11-9(19-4)6-8(18-3)7-10(11)20-5/h6-7,12,15H,1-5H3,(H,16,17). The van der Waals surface area contributed by atoms with Crippen molar-refractivity contribution in [1.82, 2.24) is 0 Å². The van der Waals surface area contributed by atoms with E-state index in [2.05, 4.69) is 0 Å². The topological polar surface area (TPSA) is 85.2 Å². The largest absolute Gasteiger partial charge is 0.496 e. The van der Waals surface area contributed by atoms with Gasteiger partial charge >= 0.3 is 5.97 Å². The summed E-state index contributed by atoms with van der Waals surface area (Å²) in [6.07, 6.45) is -1.30. The average molecular weight is 284 g/mol. The molecule has 0 aromatic heterocycles. The molecule has 1 aromatic rings. The number of hydrogen-bond acceptors (Lipinski definition) is 5. The minimum Gasteiger partial charge on any atom is -0.496 e. The van der Waals surface area contributed by atoms with Crippen molar-refractivity contribution in [3.63, 3.8) is 0 Å². The molecule has 0 spiro atoms. The van der Waals surface area contributed by atoms with Crippen molar-refractivity contribution in [3.05, 3.63) is 17.7 Å². The number of methoxy groups -OCH3 is 3. The second-order valence-corrected chi connectivity index (χ2v) is 4.87. The van der Waals surface area contributed by atoms with Crippen molar-refractivity contribution in [3.8, 4) is 17.2 Å². The molecule has 0 saturated carbocycles. The minimum atomic E-state index is -1.39. The van der Waals surface area contributed by atoms with Crippen molar-refractivity contribution >= 4 is 5.97 Å². The van der Waals surface area contributed by atoms with Gasteiger partial charge in [-0.25, -0.2) is 0 Å². The molecule has 0 radical (unpaired) electrons. The van der Waals surface area contributed by atoms with Gasteiger partial charge in [-0.1, -0.05) is 0 Å². The maximum absolute atomic E-state index is 11.3. The molecule has 0 heterocycles. The summed E-state index contributed by atoms with van der Waals surface area (Å²) in [5.41, 5.74) is -1.11. The van der Waals surface area contributed by atoms with E-state index in [1.54, 1.807) is 12.1 Å². The number of carboxylic acid groups (broad SMARTS) is 1. The molecule has 0 aliphatic heterocycles. The third kappa shape index (κ3) is 2.80. The Balaban J connectivity index is 3.46. The van der Waals surface area contributed by atoms with Crippen LogP contribution in [0.25, 0.3) is 0 Å². The number of carbonyl (C=O) groups is 1. The molecule has 0 aliphatic rings. The lowest BCUT2D eigenvalue weighted by Crippen LogP contribution is -2.31. The number of aliphatic hydroxyl groups excluding tert-OH is 1. The molecule has 0 aliphatic carbocycles. The summed E-state index contributed by atoms with van der Waals surface area (Å²) in [7, 11) is 4.35. The molecule has 0 saturated heterocycles. The second kappa shape index (κ2) is 6.00. The van der Waals surface area contributed by atoms with Crippen LogP contribution in [0.2, 0.25) is 0 Å². The van der Waals surface area contributed by atoms with Crippen molar-refractivity contribution in [2.75, 3.05) is 21.3 Å². The van der Waals surface area contributed by atoms with Gasteiger partial charge < -0.3 is 24.4 Å². The van der Waals surface area contributed by atoms with Gasteiger partial charge in [0, 0.05) is 12.1 Å². The first kappa shape index (κ1) is 16.1. The number of rotatable bonds is 6. The van der Waals surface area contributed by atoms with Crippen LogP contribution < -0.4 is 14.2 Å². The van der Waals surface area contributed by atoms with Gasteiger partial charge in [0.2, 0.25) is 0 Å². The summed E-state index contributed by atoms with van der Waals surface area (Å²) >= 11 is 0. The molecule has 2 N–H and O–H groups in total. The number of hydrogen-bond donors (Lipinski definition) is 2. The number of aliphatic hydroxyl groups is 1. The van der Waals surface area contributed by atoms with E-state index >= 15 is 0 Å². The van der Waals surface area contributed by atoms with E-state index in [4.69, 9.17) is 14.2 Å². The highest BCUT2D eigenvalue weighted by atomic mass is 16.5. The van der Waals surface area contributed by atoms with Gasteiger partial charge in [0.15, 0.2) is 0 Å². The Morgan fingerprint density at radius 1 is 1.10 bits per heavy atom. The summed E-state index contributed by atoms with van der Waals surface area (Å²) in [5, 5.41) is 19.7. The second-order valence-electron chi connectivity index (χ2n) is 4.87. The van der Waals surface area contributed by atoms with Crippen LogP contribution in [0, 0.1) is 5.41 Å². The van der Waals surface area contributed by atoms with E-state index in [0.717, 1.165) is 0 Å². The predicted octanol–water partition coefficient (Wildman–Crippen LogP) is 1.86. The molecule has 112 valence electrons. The highest BCUT2D eigenvalue weighted by Crippen LogP contribution is 2.44. The molecule has 1 atom stereocenters. The Hall–Kier alpha value is -1.95. The lowest BCUT2D eigenvalue weighted by molar-refractivity contribution is -0.153. The molecule has 6 nitrogen and oxygen atoms in total. The van der Waals surface area contributed by atoms with E-state index < -0.39 is 17.5 Å². The van der Waals surface area contributed by atoms with E-state index in [0.29, 0.717) is 17.2 Å². The van der Waals surface area contributed by atoms with Gasteiger partial charge in [-0.05, 0) is 13.8 Å². The quantitative estimate of drug-likeness (QED) is 0.829. The number of benzene rings is 1. The Labute approximate surface area is 117 Å². The maximum Gasteiger partial charge on any atom is 0.312 e. The van der Waals surface area contributed by atoms with Gasteiger partial charge in [0.1, 0.15) is 23.4 Å². The molecule has 6 heteroatoms. The lowest BCUT2D eigenvalue weighted by atomic mass is 9.82. The van der Waals surface area contributed by atoms with Crippen LogP contribution >= 0.6 is 0 Å². The van der Waals surface area contributed by atoms with Gasteiger partial charge in [-0.3, -0.25) is 4.79 Å². The molecule has 0 amide bonds. The third-order valence-corrected chi connectivity index (χ3v) is 3.26.